The van der Waals surface area contributed by atoms with E-state index in [4.69, 9.17) is 16.3 Å². The Bertz CT molecular complexity index is 851. The van der Waals surface area contributed by atoms with Crippen LogP contribution in [0.15, 0.2) is 23.1 Å². The Morgan fingerprint density at radius 2 is 1.93 bits per heavy atom. The molecule has 1 aliphatic rings. The third-order valence-corrected chi connectivity index (χ3v) is 6.72. The number of carbonyl (C=O) groups excluding carboxylic acids is 3. The van der Waals surface area contributed by atoms with Crippen LogP contribution >= 0.6 is 11.6 Å². The lowest BCUT2D eigenvalue weighted by atomic mass is 10.2. The molecule has 2 amide bonds. The first-order chi connectivity index (χ1) is 12.7. The molecule has 0 spiro atoms. The fraction of sp³-hybridized carbons (Fsp3) is 0.471. The van der Waals surface area contributed by atoms with Crippen molar-refractivity contribution in [2.24, 2.45) is 0 Å². The highest BCUT2D eigenvalue weighted by Gasteiger charge is 2.28. The number of hydrogen-bond donors (Lipinski definition) is 0. The highest BCUT2D eigenvalue weighted by atomic mass is 35.5. The zero-order valence-electron chi connectivity index (χ0n) is 15.1. The zero-order chi connectivity index (χ0) is 20.2. The van der Waals surface area contributed by atoms with Gasteiger partial charge in [-0.05, 0) is 24.6 Å². The summed E-state index contributed by atoms with van der Waals surface area (Å²) in [7, 11) is -3.87. The number of imide groups is 1. The molecular formula is C17H21ClN2O6S. The predicted octanol–water partition coefficient (Wildman–Crippen LogP) is 1.68. The van der Waals surface area contributed by atoms with E-state index < -0.39 is 28.5 Å². The molecule has 0 atom stereocenters. The Morgan fingerprint density at radius 1 is 1.26 bits per heavy atom. The van der Waals surface area contributed by atoms with E-state index in [1.807, 2.05) is 0 Å². The maximum atomic E-state index is 12.7. The Kier molecular flexibility index (Phi) is 6.96. The van der Waals surface area contributed by atoms with Crippen LogP contribution in [0.1, 0.15) is 37.0 Å². The molecule has 0 aromatic heterocycles. The van der Waals surface area contributed by atoms with Gasteiger partial charge in [-0.1, -0.05) is 25.4 Å². The number of halogens is 1. The number of amides is 2. The molecule has 1 aromatic carbocycles. The van der Waals surface area contributed by atoms with Crippen LogP contribution in [0.25, 0.3) is 0 Å². The Labute approximate surface area is 163 Å². The molecule has 1 heterocycles. The van der Waals surface area contributed by atoms with E-state index in [9.17, 15) is 22.8 Å². The molecule has 2 rings (SSSR count). The molecule has 0 aliphatic carbocycles. The monoisotopic (exact) mass is 416 g/mol. The first-order valence-corrected chi connectivity index (χ1v) is 10.3. The maximum Gasteiger partial charge on any atom is 0.338 e. The summed E-state index contributed by atoms with van der Waals surface area (Å²) in [5.41, 5.74) is -0.0503. The van der Waals surface area contributed by atoms with Crippen LogP contribution in [0.2, 0.25) is 5.02 Å². The van der Waals surface area contributed by atoms with Crippen molar-refractivity contribution < 1.29 is 27.5 Å². The minimum Gasteiger partial charge on any atom is -0.452 e. The maximum absolute atomic E-state index is 12.7. The molecule has 1 aromatic rings. The molecular weight excluding hydrogens is 396 g/mol. The Morgan fingerprint density at radius 3 is 2.48 bits per heavy atom. The van der Waals surface area contributed by atoms with Crippen molar-refractivity contribution in [3.63, 3.8) is 0 Å². The smallest absolute Gasteiger partial charge is 0.338 e. The molecule has 0 N–H and O–H groups in total. The number of nitrogens with zero attached hydrogens (tertiary/aromatic N) is 2. The molecule has 148 valence electrons. The third-order valence-electron chi connectivity index (χ3n) is 4.19. The second-order valence-corrected chi connectivity index (χ2v) is 8.17. The molecule has 1 fully saturated rings. The number of esters is 1. The first kappa shape index (κ1) is 21.3. The molecule has 8 nitrogen and oxygen atoms in total. The highest BCUT2D eigenvalue weighted by Crippen LogP contribution is 2.26. The molecule has 0 saturated carbocycles. The van der Waals surface area contributed by atoms with E-state index in [0.29, 0.717) is 19.4 Å². The highest BCUT2D eigenvalue weighted by molar-refractivity contribution is 7.89. The second kappa shape index (κ2) is 8.81. The SMILES string of the molecule is CCN(CC)S(=O)(=O)c1cc(C(=O)OCC(=O)N2CCCC2=O)ccc1Cl. The minimum atomic E-state index is -3.87. The summed E-state index contributed by atoms with van der Waals surface area (Å²) in [5.74, 6) is -1.77. The van der Waals surface area contributed by atoms with Crippen LogP contribution in [0.4, 0.5) is 0 Å². The fourth-order valence-electron chi connectivity index (χ4n) is 2.73. The van der Waals surface area contributed by atoms with Gasteiger partial charge in [0.2, 0.25) is 15.9 Å². The standard InChI is InChI=1S/C17H21ClN2O6S/c1-3-19(4-2)27(24,25)14-10-12(7-8-13(14)18)17(23)26-11-16(22)20-9-5-6-15(20)21/h7-8,10H,3-6,9,11H2,1-2H3. The topological polar surface area (TPSA) is 101 Å². The quantitative estimate of drug-likeness (QED) is 0.627. The number of benzene rings is 1. The number of rotatable bonds is 7. The van der Waals surface area contributed by atoms with E-state index in [2.05, 4.69) is 0 Å². The molecule has 0 radical (unpaired) electrons. The summed E-state index contributed by atoms with van der Waals surface area (Å²) in [6.07, 6.45) is 0.881. The summed E-state index contributed by atoms with van der Waals surface area (Å²) in [6, 6.07) is 3.74. The minimum absolute atomic E-state index is 0.0165. The number of sulfonamides is 1. The van der Waals surface area contributed by atoms with Gasteiger partial charge in [-0.25, -0.2) is 13.2 Å². The van der Waals surface area contributed by atoms with Crippen LogP contribution < -0.4 is 0 Å². The lowest BCUT2D eigenvalue weighted by Crippen LogP contribution is -2.35. The van der Waals surface area contributed by atoms with Crippen molar-refractivity contribution in [2.45, 2.75) is 31.6 Å². The van der Waals surface area contributed by atoms with Crippen molar-refractivity contribution in [2.75, 3.05) is 26.2 Å². The van der Waals surface area contributed by atoms with E-state index in [0.717, 1.165) is 11.0 Å². The van der Waals surface area contributed by atoms with Crippen LogP contribution in [0.5, 0.6) is 0 Å². The average molecular weight is 417 g/mol. The van der Waals surface area contributed by atoms with E-state index in [1.165, 1.54) is 16.4 Å². The van der Waals surface area contributed by atoms with E-state index >= 15 is 0 Å². The normalized spacial score (nSPS) is 14.7. The second-order valence-electron chi connectivity index (χ2n) is 5.85. The Hall–Kier alpha value is -1.97. The molecule has 27 heavy (non-hydrogen) atoms. The lowest BCUT2D eigenvalue weighted by Gasteiger charge is -2.19. The predicted molar refractivity (Wildman–Crippen MR) is 97.8 cm³/mol. The largest absolute Gasteiger partial charge is 0.452 e. The van der Waals surface area contributed by atoms with Crippen LogP contribution in [-0.2, 0) is 24.3 Å². The van der Waals surface area contributed by atoms with Gasteiger partial charge in [0, 0.05) is 26.1 Å². The molecule has 10 heteroatoms. The van der Waals surface area contributed by atoms with Crippen molar-refractivity contribution >= 4 is 39.4 Å². The van der Waals surface area contributed by atoms with E-state index in [1.54, 1.807) is 13.8 Å². The number of ether oxygens (including phenoxy) is 1. The van der Waals surface area contributed by atoms with Gasteiger partial charge in [-0.15, -0.1) is 0 Å². The van der Waals surface area contributed by atoms with Crippen molar-refractivity contribution in [3.8, 4) is 0 Å². The zero-order valence-corrected chi connectivity index (χ0v) is 16.7. The first-order valence-electron chi connectivity index (χ1n) is 8.52. The van der Waals surface area contributed by atoms with Gasteiger partial charge < -0.3 is 4.74 Å². The summed E-state index contributed by atoms with van der Waals surface area (Å²) in [5, 5.41) is -0.0165. The summed E-state index contributed by atoms with van der Waals surface area (Å²) >= 11 is 6.02. The average Bonchev–Trinajstić information content (AvgIpc) is 3.06. The summed E-state index contributed by atoms with van der Waals surface area (Å²) < 4.78 is 31.5. The summed E-state index contributed by atoms with van der Waals surface area (Å²) in [4.78, 5) is 36.5. The molecule has 0 unspecified atom stereocenters. The number of carbonyl (C=O) groups is 3. The lowest BCUT2D eigenvalue weighted by molar-refractivity contribution is -0.143. The van der Waals surface area contributed by atoms with Gasteiger partial charge in [0.05, 0.1) is 10.6 Å². The molecule has 1 saturated heterocycles. The molecule has 0 bridgehead atoms. The van der Waals surface area contributed by atoms with Gasteiger partial charge >= 0.3 is 5.97 Å². The van der Waals surface area contributed by atoms with Crippen LogP contribution in [0, 0.1) is 0 Å². The molecule has 1 aliphatic heterocycles. The fourth-order valence-corrected chi connectivity index (χ4v) is 4.69. The van der Waals surface area contributed by atoms with Crippen LogP contribution in [-0.4, -0.2) is 61.6 Å². The van der Waals surface area contributed by atoms with Gasteiger partial charge in [0.25, 0.3) is 5.91 Å². The van der Waals surface area contributed by atoms with Crippen molar-refractivity contribution in [3.05, 3.63) is 28.8 Å². The van der Waals surface area contributed by atoms with Crippen molar-refractivity contribution in [1.82, 2.24) is 9.21 Å². The van der Waals surface area contributed by atoms with Gasteiger partial charge in [-0.3, -0.25) is 14.5 Å². The van der Waals surface area contributed by atoms with Crippen molar-refractivity contribution in [1.29, 1.82) is 0 Å². The summed E-state index contributed by atoms with van der Waals surface area (Å²) in [6.45, 7) is 3.61. The number of hydrogen-bond acceptors (Lipinski definition) is 6. The third kappa shape index (κ3) is 4.66. The number of likely N-dealkylation sites (tertiary alicyclic amines) is 1. The van der Waals surface area contributed by atoms with Gasteiger partial charge in [-0.2, -0.15) is 4.31 Å². The van der Waals surface area contributed by atoms with Gasteiger partial charge in [0.15, 0.2) is 6.61 Å². The van der Waals surface area contributed by atoms with E-state index in [-0.39, 0.29) is 34.5 Å². The van der Waals surface area contributed by atoms with Crippen LogP contribution in [0.3, 0.4) is 0 Å². The van der Waals surface area contributed by atoms with Gasteiger partial charge in [0.1, 0.15) is 4.90 Å². The Balaban J connectivity index is 2.16.